The Bertz CT molecular complexity index is 465. The maximum absolute atomic E-state index is 8.73. The molecule has 0 bridgehead atoms. The largest absolute Gasteiger partial charge is 0.382 e. The van der Waals surface area contributed by atoms with E-state index >= 15 is 0 Å². The summed E-state index contributed by atoms with van der Waals surface area (Å²) in [6, 6.07) is 1.95. The smallest absolute Gasteiger partial charge is 0.193 e. The van der Waals surface area contributed by atoms with Crippen LogP contribution in [0.25, 0.3) is 0 Å². The van der Waals surface area contributed by atoms with Gasteiger partial charge in [-0.1, -0.05) is 56.9 Å². The molecule has 5 heteroatoms. The molecular weight excluding hydrogens is 268 g/mol. The molecule has 0 fully saturated rings. The van der Waals surface area contributed by atoms with Gasteiger partial charge in [-0.15, -0.1) is 0 Å². The maximum Gasteiger partial charge on any atom is 0.193 e. The highest BCUT2D eigenvalue weighted by molar-refractivity contribution is 8.02. The van der Waals surface area contributed by atoms with Crippen molar-refractivity contribution in [3.63, 3.8) is 0 Å². The first-order chi connectivity index (χ1) is 9.77. The zero-order valence-corrected chi connectivity index (χ0v) is 12.8. The molecule has 1 heterocycles. The highest BCUT2D eigenvalue weighted by Crippen LogP contribution is 2.17. The maximum atomic E-state index is 8.73. The average Bonchev–Trinajstić information content (AvgIpc) is 2.46. The first-order valence-electron chi connectivity index (χ1n) is 7.12. The standard InChI is InChI=1S/C15H22N4S/c1-2-3-4-5-6-7-8-9-10-20-15-18-12-13(11-16)14(17)19-15/h9-10,12H,2-8H2,1H3,(H2,17,18,19)/b10-9-. The van der Waals surface area contributed by atoms with Gasteiger partial charge >= 0.3 is 0 Å². The van der Waals surface area contributed by atoms with Gasteiger partial charge in [0.25, 0.3) is 0 Å². The van der Waals surface area contributed by atoms with Gasteiger partial charge in [-0.3, -0.25) is 0 Å². The quantitative estimate of drug-likeness (QED) is 0.417. The van der Waals surface area contributed by atoms with Crippen LogP contribution in [0.2, 0.25) is 0 Å². The minimum absolute atomic E-state index is 0.245. The van der Waals surface area contributed by atoms with Gasteiger partial charge < -0.3 is 5.73 Å². The summed E-state index contributed by atoms with van der Waals surface area (Å²) in [4.78, 5) is 8.14. The van der Waals surface area contributed by atoms with E-state index in [1.54, 1.807) is 0 Å². The monoisotopic (exact) mass is 290 g/mol. The Labute approximate surface area is 125 Å². The molecule has 0 saturated carbocycles. The highest BCUT2D eigenvalue weighted by atomic mass is 32.2. The molecule has 4 nitrogen and oxygen atoms in total. The third-order valence-corrected chi connectivity index (χ3v) is 3.65. The van der Waals surface area contributed by atoms with Crippen molar-refractivity contribution in [1.82, 2.24) is 9.97 Å². The topological polar surface area (TPSA) is 75.6 Å². The van der Waals surface area contributed by atoms with Gasteiger partial charge in [-0.05, 0) is 18.2 Å². The second-order valence-electron chi connectivity index (χ2n) is 4.61. The van der Waals surface area contributed by atoms with Gasteiger partial charge in [0, 0.05) is 0 Å². The fourth-order valence-corrected chi connectivity index (χ4v) is 2.36. The lowest BCUT2D eigenvalue weighted by Crippen LogP contribution is -1.97. The fraction of sp³-hybridized carbons (Fsp3) is 0.533. The fourth-order valence-electron chi connectivity index (χ4n) is 1.74. The number of nitrogens with two attached hydrogens (primary N) is 1. The average molecular weight is 290 g/mol. The van der Waals surface area contributed by atoms with Crippen LogP contribution in [0, 0.1) is 11.3 Å². The lowest BCUT2D eigenvalue weighted by molar-refractivity contribution is 0.611. The molecule has 1 aromatic heterocycles. The number of aromatic nitrogens is 2. The molecule has 2 N–H and O–H groups in total. The van der Waals surface area contributed by atoms with E-state index in [9.17, 15) is 0 Å². The lowest BCUT2D eigenvalue weighted by Gasteiger charge is -1.99. The minimum atomic E-state index is 0.245. The zero-order valence-electron chi connectivity index (χ0n) is 12.0. The molecule has 0 unspecified atom stereocenters. The van der Waals surface area contributed by atoms with E-state index in [0.29, 0.717) is 10.7 Å². The molecular formula is C15H22N4S. The normalized spacial score (nSPS) is 10.8. The second-order valence-corrected chi connectivity index (χ2v) is 5.48. The zero-order chi connectivity index (χ0) is 14.6. The Morgan fingerprint density at radius 2 is 2.05 bits per heavy atom. The first kappa shape index (κ1) is 16.5. The third kappa shape index (κ3) is 6.58. The van der Waals surface area contributed by atoms with Crippen LogP contribution in [-0.2, 0) is 0 Å². The number of hydrogen-bond acceptors (Lipinski definition) is 5. The second kappa shape index (κ2) is 10.3. The van der Waals surface area contributed by atoms with Crippen LogP contribution in [-0.4, -0.2) is 9.97 Å². The number of anilines is 1. The molecule has 0 amide bonds. The van der Waals surface area contributed by atoms with Crippen LogP contribution in [0.1, 0.15) is 57.4 Å². The first-order valence-corrected chi connectivity index (χ1v) is 8.00. The lowest BCUT2D eigenvalue weighted by atomic mass is 10.1. The van der Waals surface area contributed by atoms with Crippen LogP contribution in [0.4, 0.5) is 5.82 Å². The Hall–Kier alpha value is -1.54. The Balaban J connectivity index is 2.18. The summed E-state index contributed by atoms with van der Waals surface area (Å²) >= 11 is 1.43. The summed E-state index contributed by atoms with van der Waals surface area (Å²) in [6.07, 6.45) is 12.6. The SMILES string of the molecule is CCCCCCCC/C=C\Sc1ncc(C#N)c(N)n1. The van der Waals surface area contributed by atoms with Crippen molar-refractivity contribution in [3.05, 3.63) is 23.2 Å². The van der Waals surface area contributed by atoms with E-state index in [4.69, 9.17) is 11.0 Å². The molecule has 1 rings (SSSR count). The van der Waals surface area contributed by atoms with E-state index in [0.717, 1.165) is 6.42 Å². The number of allylic oxidation sites excluding steroid dienone is 1. The van der Waals surface area contributed by atoms with E-state index in [-0.39, 0.29) is 5.82 Å². The molecule has 0 saturated heterocycles. The van der Waals surface area contributed by atoms with Gasteiger partial charge in [-0.2, -0.15) is 5.26 Å². The van der Waals surface area contributed by atoms with Crippen molar-refractivity contribution < 1.29 is 0 Å². The van der Waals surface area contributed by atoms with Crippen molar-refractivity contribution >= 4 is 17.6 Å². The third-order valence-electron chi connectivity index (χ3n) is 2.91. The molecule has 0 atom stereocenters. The van der Waals surface area contributed by atoms with Crippen molar-refractivity contribution in [2.24, 2.45) is 0 Å². The summed E-state index contributed by atoms with van der Waals surface area (Å²) in [5.74, 6) is 0.245. The van der Waals surface area contributed by atoms with E-state index in [1.165, 1.54) is 56.5 Å². The summed E-state index contributed by atoms with van der Waals surface area (Å²) in [7, 11) is 0. The number of nitrogen functional groups attached to an aromatic ring is 1. The van der Waals surface area contributed by atoms with Crippen molar-refractivity contribution in [3.8, 4) is 6.07 Å². The summed E-state index contributed by atoms with van der Waals surface area (Å²) < 4.78 is 0. The number of rotatable bonds is 9. The summed E-state index contributed by atoms with van der Waals surface area (Å²) in [5, 5.41) is 11.3. The van der Waals surface area contributed by atoms with Gasteiger partial charge in [0.1, 0.15) is 17.5 Å². The van der Waals surface area contributed by atoms with Crippen LogP contribution < -0.4 is 5.73 Å². The van der Waals surface area contributed by atoms with Crippen LogP contribution >= 0.6 is 11.8 Å². The van der Waals surface area contributed by atoms with E-state index in [2.05, 4.69) is 23.0 Å². The Morgan fingerprint density at radius 1 is 1.30 bits per heavy atom. The summed E-state index contributed by atoms with van der Waals surface area (Å²) in [5.41, 5.74) is 5.96. The number of nitriles is 1. The van der Waals surface area contributed by atoms with Crippen molar-refractivity contribution in [2.45, 2.75) is 57.0 Å². The summed E-state index contributed by atoms with van der Waals surface area (Å²) in [6.45, 7) is 2.23. The van der Waals surface area contributed by atoms with E-state index in [1.807, 2.05) is 11.5 Å². The predicted octanol–water partition coefficient (Wildman–Crippen LogP) is 4.29. The predicted molar refractivity (Wildman–Crippen MR) is 84.1 cm³/mol. The van der Waals surface area contributed by atoms with Gasteiger partial charge in [0.05, 0.1) is 6.20 Å². The molecule has 0 aromatic carbocycles. The minimum Gasteiger partial charge on any atom is -0.382 e. The molecule has 20 heavy (non-hydrogen) atoms. The molecule has 0 aliphatic carbocycles. The molecule has 0 spiro atoms. The van der Waals surface area contributed by atoms with Crippen LogP contribution in [0.15, 0.2) is 22.8 Å². The van der Waals surface area contributed by atoms with Gasteiger partial charge in [-0.25, -0.2) is 9.97 Å². The Morgan fingerprint density at radius 3 is 2.75 bits per heavy atom. The molecule has 108 valence electrons. The number of hydrogen-bond donors (Lipinski definition) is 1. The number of unbranched alkanes of at least 4 members (excludes halogenated alkanes) is 6. The Kier molecular flexibility index (Phi) is 8.48. The molecule has 0 aliphatic rings. The van der Waals surface area contributed by atoms with Crippen molar-refractivity contribution in [2.75, 3.05) is 5.73 Å². The molecule has 0 radical (unpaired) electrons. The number of nitrogens with zero attached hydrogens (tertiary/aromatic N) is 3. The highest BCUT2D eigenvalue weighted by Gasteiger charge is 2.02. The number of thioether (sulfide) groups is 1. The van der Waals surface area contributed by atoms with Crippen molar-refractivity contribution in [1.29, 1.82) is 5.26 Å². The van der Waals surface area contributed by atoms with Gasteiger partial charge in [0.2, 0.25) is 0 Å². The van der Waals surface area contributed by atoms with E-state index < -0.39 is 0 Å². The van der Waals surface area contributed by atoms with Crippen LogP contribution in [0.5, 0.6) is 0 Å². The van der Waals surface area contributed by atoms with Gasteiger partial charge in [0.15, 0.2) is 5.16 Å². The molecule has 0 aliphatic heterocycles. The van der Waals surface area contributed by atoms with Crippen LogP contribution in [0.3, 0.4) is 0 Å². The molecule has 1 aromatic rings.